The molecule has 15 heteroatoms. The molecule has 1 unspecified atom stereocenters. The zero-order chi connectivity index (χ0) is 41.6. The Morgan fingerprint density at radius 3 is 2.07 bits per heavy atom. The van der Waals surface area contributed by atoms with Crippen molar-refractivity contribution in [1.29, 1.82) is 0 Å². The molecule has 1 aromatic rings. The maximum atomic E-state index is 14.2. The van der Waals surface area contributed by atoms with E-state index in [-0.39, 0.29) is 54.9 Å². The van der Waals surface area contributed by atoms with Crippen molar-refractivity contribution in [2.24, 2.45) is 23.7 Å². The number of hydrogen-bond donors (Lipinski definition) is 4. The predicted molar refractivity (Wildman–Crippen MR) is 214 cm³/mol. The molecule has 2 rings (SSSR count). The third-order valence-electron chi connectivity index (χ3n) is 11.0. The minimum atomic E-state index is -4.24. The van der Waals surface area contributed by atoms with Crippen molar-refractivity contribution in [2.45, 2.75) is 130 Å². The zero-order valence-electron chi connectivity index (χ0n) is 35.2. The summed E-state index contributed by atoms with van der Waals surface area (Å²) in [6.07, 6.45) is 0.686. The van der Waals surface area contributed by atoms with Crippen LogP contribution in [-0.4, -0.2) is 122 Å². The Morgan fingerprint density at radius 1 is 0.945 bits per heavy atom. The molecule has 1 heterocycles. The number of amides is 4. The van der Waals surface area contributed by atoms with Crippen molar-refractivity contribution in [2.75, 3.05) is 41.5 Å². The van der Waals surface area contributed by atoms with Crippen LogP contribution in [0.3, 0.4) is 0 Å². The van der Waals surface area contributed by atoms with E-state index in [0.29, 0.717) is 25.8 Å². The van der Waals surface area contributed by atoms with E-state index >= 15 is 0 Å². The standard InChI is InChI=1S/C40H70N5O9P/c1-13-27(7)36(44(10)40(49)35(26(5)6)43-39(48)34(41-9)25(3)4)31(52-11)24-33(46)45-22-18-21-30(45)37(53-12)28(8)38(47)42-32(55(50,51)54-14-2)23-29-19-16-15-17-20-29/h15-17,19-20,25-28,30-32,34-37,41H,13-14,18,21-24H2,1-12H3,(H,42,47)(H,43,48)(H,50,51)/t27-,28+,30-,31+,32+,34-,35-,36-,37+/m0/s1. The van der Waals surface area contributed by atoms with Gasteiger partial charge >= 0.3 is 7.60 Å². The zero-order valence-corrected chi connectivity index (χ0v) is 36.1. The first-order valence-electron chi connectivity index (χ1n) is 19.8. The van der Waals surface area contributed by atoms with Crippen molar-refractivity contribution in [3.05, 3.63) is 35.9 Å². The number of methoxy groups -OCH3 is 2. The average molecular weight is 796 g/mol. The molecule has 0 radical (unpaired) electrons. The van der Waals surface area contributed by atoms with Gasteiger partial charge in [-0.05, 0) is 50.1 Å². The quantitative estimate of drug-likeness (QED) is 0.118. The molecule has 10 atom stereocenters. The van der Waals surface area contributed by atoms with Crippen LogP contribution in [-0.2, 0) is 44.2 Å². The van der Waals surface area contributed by atoms with Crippen molar-refractivity contribution in [3.63, 3.8) is 0 Å². The molecular formula is C40H70N5O9P. The largest absolute Gasteiger partial charge is 0.379 e. The van der Waals surface area contributed by atoms with E-state index in [9.17, 15) is 28.6 Å². The van der Waals surface area contributed by atoms with Gasteiger partial charge in [0.15, 0.2) is 0 Å². The van der Waals surface area contributed by atoms with E-state index in [2.05, 4.69) is 16.0 Å². The number of nitrogens with zero attached hydrogens (tertiary/aromatic N) is 2. The van der Waals surface area contributed by atoms with E-state index in [1.807, 2.05) is 71.9 Å². The summed E-state index contributed by atoms with van der Waals surface area (Å²) in [6, 6.07) is 6.92. The summed E-state index contributed by atoms with van der Waals surface area (Å²) in [5.41, 5.74) is 0.763. The first-order chi connectivity index (χ1) is 25.9. The Labute approximate surface area is 329 Å². The molecular weight excluding hydrogens is 725 g/mol. The second-order valence-corrected chi connectivity index (χ2v) is 17.5. The van der Waals surface area contributed by atoms with E-state index in [4.69, 9.17) is 14.0 Å². The Hall–Kier alpha value is -2.87. The highest BCUT2D eigenvalue weighted by molar-refractivity contribution is 7.53. The number of hydrogen-bond acceptors (Lipinski definition) is 9. The lowest BCUT2D eigenvalue weighted by Crippen LogP contribution is -2.59. The van der Waals surface area contributed by atoms with Gasteiger partial charge in [-0.1, -0.05) is 85.2 Å². The van der Waals surface area contributed by atoms with Crippen LogP contribution in [0, 0.1) is 23.7 Å². The number of nitrogens with one attached hydrogen (secondary N) is 3. The van der Waals surface area contributed by atoms with E-state index in [1.54, 1.807) is 37.7 Å². The lowest BCUT2D eigenvalue weighted by atomic mass is 9.89. The summed E-state index contributed by atoms with van der Waals surface area (Å²) >= 11 is 0. The van der Waals surface area contributed by atoms with Gasteiger partial charge in [0.25, 0.3) is 0 Å². The molecule has 14 nitrogen and oxygen atoms in total. The highest BCUT2D eigenvalue weighted by Crippen LogP contribution is 2.47. The molecule has 4 amide bonds. The minimum Gasteiger partial charge on any atom is -0.379 e. The number of carbonyl (C=O) groups is 4. The molecule has 0 spiro atoms. The fourth-order valence-electron chi connectivity index (χ4n) is 7.71. The fourth-order valence-corrected chi connectivity index (χ4v) is 8.99. The second kappa shape index (κ2) is 22.8. The predicted octanol–water partition coefficient (Wildman–Crippen LogP) is 4.20. The second-order valence-electron chi connectivity index (χ2n) is 15.5. The van der Waals surface area contributed by atoms with Crippen LogP contribution < -0.4 is 16.0 Å². The average Bonchev–Trinajstić information content (AvgIpc) is 3.63. The molecule has 4 N–H and O–H groups in total. The molecule has 314 valence electrons. The fraction of sp³-hybridized carbons (Fsp3) is 0.750. The Morgan fingerprint density at radius 2 is 1.56 bits per heavy atom. The number of rotatable bonds is 23. The van der Waals surface area contributed by atoms with Gasteiger partial charge < -0.3 is 44.6 Å². The number of ether oxygens (including phenoxy) is 2. The van der Waals surface area contributed by atoms with Gasteiger partial charge in [-0.3, -0.25) is 23.7 Å². The van der Waals surface area contributed by atoms with E-state index in [0.717, 1.165) is 5.56 Å². The van der Waals surface area contributed by atoms with Crippen molar-refractivity contribution >= 4 is 31.2 Å². The third-order valence-corrected chi connectivity index (χ3v) is 12.8. The monoisotopic (exact) mass is 795 g/mol. The van der Waals surface area contributed by atoms with E-state index in [1.165, 1.54) is 14.2 Å². The maximum absolute atomic E-state index is 14.2. The molecule has 55 heavy (non-hydrogen) atoms. The van der Waals surface area contributed by atoms with Crippen LogP contribution in [0.15, 0.2) is 30.3 Å². The molecule has 0 bridgehead atoms. The van der Waals surface area contributed by atoms with Gasteiger partial charge in [-0.2, -0.15) is 0 Å². The molecule has 0 aliphatic carbocycles. The topological polar surface area (TPSA) is 176 Å². The number of carbonyl (C=O) groups excluding carboxylic acids is 4. The molecule has 1 saturated heterocycles. The first kappa shape index (κ1) is 48.3. The van der Waals surface area contributed by atoms with Gasteiger partial charge in [0, 0.05) is 34.2 Å². The highest BCUT2D eigenvalue weighted by atomic mass is 31.2. The van der Waals surface area contributed by atoms with Crippen LogP contribution in [0.2, 0.25) is 0 Å². The molecule has 0 saturated carbocycles. The van der Waals surface area contributed by atoms with Crippen molar-refractivity contribution in [3.8, 4) is 0 Å². The summed E-state index contributed by atoms with van der Waals surface area (Å²) in [7, 11) is 2.22. The van der Waals surface area contributed by atoms with Crippen LogP contribution >= 0.6 is 7.60 Å². The van der Waals surface area contributed by atoms with Crippen molar-refractivity contribution < 1.29 is 42.6 Å². The number of benzene rings is 1. The molecule has 1 aliphatic heterocycles. The van der Waals surface area contributed by atoms with Gasteiger partial charge in [-0.25, -0.2) is 0 Å². The summed E-state index contributed by atoms with van der Waals surface area (Å²) in [6.45, 7) is 15.5. The van der Waals surface area contributed by atoms with Crippen LogP contribution in [0.1, 0.15) is 86.6 Å². The summed E-state index contributed by atoms with van der Waals surface area (Å²) in [4.78, 5) is 69.5. The lowest BCUT2D eigenvalue weighted by molar-refractivity contribution is -0.147. The van der Waals surface area contributed by atoms with Crippen LogP contribution in [0.25, 0.3) is 0 Å². The summed E-state index contributed by atoms with van der Waals surface area (Å²) in [5, 5.41) is 8.78. The first-order valence-corrected chi connectivity index (χ1v) is 21.5. The normalized spacial score (nSPS) is 20.1. The maximum Gasteiger partial charge on any atom is 0.350 e. The number of likely N-dealkylation sites (N-methyl/N-ethyl adjacent to an activating group) is 2. The highest BCUT2D eigenvalue weighted by Gasteiger charge is 2.44. The van der Waals surface area contributed by atoms with E-state index < -0.39 is 61.6 Å². The number of likely N-dealkylation sites (tertiary alicyclic amines) is 1. The van der Waals surface area contributed by atoms with Gasteiger partial charge in [0.05, 0.1) is 49.3 Å². The SMILES string of the molecule is CCOP(=O)(O)[C@H](Cc1ccccc1)NC(=O)[C@H](C)[C@@H](OC)[C@@H]1CCCN1C(=O)C[C@@H](OC)[C@H]([C@@H](C)CC)N(C)C(=O)[C@@H](NC(=O)[C@@H](NC)C(C)C)C(C)C. The minimum absolute atomic E-state index is 0.00108. The lowest BCUT2D eigenvalue weighted by Gasteiger charge is -2.41. The molecule has 1 aliphatic rings. The smallest absolute Gasteiger partial charge is 0.350 e. The van der Waals surface area contributed by atoms with Gasteiger partial charge in [0.1, 0.15) is 11.8 Å². The molecule has 1 aromatic carbocycles. The Bertz CT molecular complexity index is 1420. The Balaban J connectivity index is 2.31. The van der Waals surface area contributed by atoms with Crippen molar-refractivity contribution in [1.82, 2.24) is 25.8 Å². The van der Waals surface area contributed by atoms with Gasteiger partial charge in [-0.15, -0.1) is 0 Å². The summed E-state index contributed by atoms with van der Waals surface area (Å²) in [5.74, 6) is -3.41. The Kier molecular flexibility index (Phi) is 20.0. The van der Waals surface area contributed by atoms with Crippen LogP contribution in [0.5, 0.6) is 0 Å². The van der Waals surface area contributed by atoms with Crippen LogP contribution in [0.4, 0.5) is 0 Å². The summed E-state index contributed by atoms with van der Waals surface area (Å²) < 4.78 is 30.4. The third kappa shape index (κ3) is 13.1. The molecule has 0 aromatic heterocycles. The van der Waals surface area contributed by atoms with Gasteiger partial charge in [0.2, 0.25) is 23.6 Å². The molecule has 1 fully saturated rings.